The molecule has 0 saturated heterocycles. The molecule has 4 aromatic rings. The number of nitrogens with zero attached hydrogens (tertiary/aromatic N) is 3. The number of anilines is 1. The van der Waals surface area contributed by atoms with Crippen LogP contribution >= 0.6 is 0 Å². The van der Waals surface area contributed by atoms with Gasteiger partial charge in [-0.25, -0.2) is 0 Å². The van der Waals surface area contributed by atoms with E-state index in [1.54, 1.807) is 42.1 Å². The second-order valence-electron chi connectivity index (χ2n) is 8.64. The van der Waals surface area contributed by atoms with Crippen molar-refractivity contribution in [2.45, 2.75) is 19.4 Å². The van der Waals surface area contributed by atoms with Crippen molar-refractivity contribution < 1.29 is 14.3 Å². The number of carbonyl (C=O) groups excluding carboxylic acids is 1. The van der Waals surface area contributed by atoms with E-state index in [4.69, 9.17) is 9.47 Å². The van der Waals surface area contributed by atoms with Crippen LogP contribution in [-0.4, -0.2) is 36.2 Å². The number of methoxy groups -OCH3 is 2. The Kier molecular flexibility index (Phi) is 6.54. The quantitative estimate of drug-likeness (QED) is 0.403. The number of pyridine rings is 2. The van der Waals surface area contributed by atoms with E-state index in [9.17, 15) is 9.59 Å². The van der Waals surface area contributed by atoms with Crippen LogP contribution in [0, 0.1) is 0 Å². The molecule has 0 spiro atoms. The fourth-order valence-electron chi connectivity index (χ4n) is 4.78. The summed E-state index contributed by atoms with van der Waals surface area (Å²) in [4.78, 5) is 33.7. The number of fused-ring (bicyclic) bond motifs is 1. The lowest BCUT2D eigenvalue weighted by Gasteiger charge is -2.25. The van der Waals surface area contributed by atoms with Crippen LogP contribution in [0.2, 0.25) is 0 Å². The molecule has 3 heterocycles. The highest BCUT2D eigenvalue weighted by molar-refractivity contribution is 6.11. The topological polar surface area (TPSA) is 73.7 Å². The van der Waals surface area contributed by atoms with Crippen LogP contribution in [0.15, 0.2) is 83.9 Å². The lowest BCUT2D eigenvalue weighted by Crippen LogP contribution is -2.33. The molecule has 5 rings (SSSR count). The average Bonchev–Trinajstić information content (AvgIpc) is 3.08. The minimum absolute atomic E-state index is 0.158. The fraction of sp³-hybridized carbons (Fsp3) is 0.207. The van der Waals surface area contributed by atoms with Gasteiger partial charge in [0.15, 0.2) is 0 Å². The molecular weight excluding hydrogens is 454 g/mol. The van der Waals surface area contributed by atoms with Gasteiger partial charge in [0.25, 0.3) is 11.5 Å². The van der Waals surface area contributed by atoms with E-state index in [1.807, 2.05) is 60.7 Å². The average molecular weight is 482 g/mol. The summed E-state index contributed by atoms with van der Waals surface area (Å²) < 4.78 is 12.7. The molecule has 0 aliphatic carbocycles. The van der Waals surface area contributed by atoms with Crippen molar-refractivity contribution in [3.8, 4) is 22.8 Å². The van der Waals surface area contributed by atoms with E-state index in [2.05, 4.69) is 4.98 Å². The van der Waals surface area contributed by atoms with E-state index in [-0.39, 0.29) is 18.0 Å². The molecule has 2 aromatic carbocycles. The first-order valence-electron chi connectivity index (χ1n) is 11.9. The maximum Gasteiger partial charge on any atom is 0.260 e. The minimum atomic E-state index is -0.162. The molecule has 36 heavy (non-hydrogen) atoms. The zero-order valence-electron chi connectivity index (χ0n) is 20.3. The predicted octanol–water partition coefficient (Wildman–Crippen LogP) is 4.57. The summed E-state index contributed by atoms with van der Waals surface area (Å²) in [5.41, 5.74) is 4.01. The van der Waals surface area contributed by atoms with Crippen molar-refractivity contribution in [2.24, 2.45) is 0 Å². The summed E-state index contributed by atoms with van der Waals surface area (Å²) in [7, 11) is 3.20. The SMILES string of the molecule is COc1cccc(-c2c3c(cc(=O)n2Cc2cccnc2)CCCN(c2ccccc2OC)C3=O)c1. The smallest absolute Gasteiger partial charge is 0.260 e. The highest BCUT2D eigenvalue weighted by Crippen LogP contribution is 2.35. The Morgan fingerprint density at radius 1 is 0.944 bits per heavy atom. The van der Waals surface area contributed by atoms with Gasteiger partial charge in [-0.1, -0.05) is 30.3 Å². The fourth-order valence-corrected chi connectivity index (χ4v) is 4.78. The number of carbonyl (C=O) groups is 1. The first-order valence-corrected chi connectivity index (χ1v) is 11.9. The van der Waals surface area contributed by atoms with Crippen LogP contribution in [0.4, 0.5) is 5.69 Å². The van der Waals surface area contributed by atoms with Crippen LogP contribution in [-0.2, 0) is 13.0 Å². The first kappa shape index (κ1) is 23.4. The van der Waals surface area contributed by atoms with Gasteiger partial charge in [-0.3, -0.25) is 14.6 Å². The third kappa shape index (κ3) is 4.35. The van der Waals surface area contributed by atoms with Crippen LogP contribution in [0.25, 0.3) is 11.3 Å². The molecule has 1 aliphatic heterocycles. The molecule has 0 bridgehead atoms. The van der Waals surface area contributed by atoms with Crippen LogP contribution in [0.1, 0.15) is 27.9 Å². The summed E-state index contributed by atoms with van der Waals surface area (Å²) in [5.74, 6) is 1.11. The van der Waals surface area contributed by atoms with E-state index in [0.29, 0.717) is 41.4 Å². The van der Waals surface area contributed by atoms with Crippen molar-refractivity contribution in [1.29, 1.82) is 0 Å². The van der Waals surface area contributed by atoms with Crippen molar-refractivity contribution in [2.75, 3.05) is 25.7 Å². The zero-order valence-corrected chi connectivity index (χ0v) is 20.3. The van der Waals surface area contributed by atoms with Gasteiger partial charge in [0.1, 0.15) is 11.5 Å². The number of amides is 1. The van der Waals surface area contributed by atoms with Gasteiger partial charge in [0.2, 0.25) is 0 Å². The molecule has 2 aromatic heterocycles. The molecule has 7 heteroatoms. The van der Waals surface area contributed by atoms with Crippen molar-refractivity contribution in [3.63, 3.8) is 0 Å². The number of aryl methyl sites for hydroxylation is 1. The second kappa shape index (κ2) is 10.1. The Hall–Kier alpha value is -4.39. The summed E-state index contributed by atoms with van der Waals surface area (Å²) in [6.45, 7) is 0.802. The zero-order chi connectivity index (χ0) is 25.1. The molecule has 0 fully saturated rings. The van der Waals surface area contributed by atoms with Crippen LogP contribution < -0.4 is 19.9 Å². The standard InChI is InChI=1S/C29H27N3O4/c1-35-23-11-5-9-22(16-23)28-27-21(17-26(33)32(28)19-20-8-6-14-30-18-20)10-7-15-31(29(27)34)24-12-3-4-13-25(24)36-2/h3-6,8-9,11-14,16-18H,7,10,15,19H2,1-2H3. The number of aromatic nitrogens is 2. The summed E-state index contributed by atoms with van der Waals surface area (Å²) in [6, 6.07) is 20.4. The van der Waals surface area contributed by atoms with Crippen LogP contribution in [0.3, 0.4) is 0 Å². The van der Waals surface area contributed by atoms with Gasteiger partial charge in [0.05, 0.1) is 37.7 Å². The Morgan fingerprint density at radius 3 is 2.58 bits per heavy atom. The summed E-state index contributed by atoms with van der Waals surface area (Å²) in [5, 5.41) is 0. The molecule has 1 aliphatic rings. The van der Waals surface area contributed by atoms with E-state index in [0.717, 1.165) is 23.1 Å². The Bertz CT molecular complexity index is 1460. The second-order valence-corrected chi connectivity index (χ2v) is 8.64. The van der Waals surface area contributed by atoms with E-state index < -0.39 is 0 Å². The van der Waals surface area contributed by atoms with Gasteiger partial charge >= 0.3 is 0 Å². The third-order valence-electron chi connectivity index (χ3n) is 6.46. The molecule has 182 valence electrons. The largest absolute Gasteiger partial charge is 0.497 e. The van der Waals surface area contributed by atoms with Crippen molar-refractivity contribution in [1.82, 2.24) is 9.55 Å². The Morgan fingerprint density at radius 2 is 1.81 bits per heavy atom. The third-order valence-corrected chi connectivity index (χ3v) is 6.46. The molecule has 0 saturated carbocycles. The normalized spacial score (nSPS) is 13.2. The molecular formula is C29H27N3O4. The molecule has 0 radical (unpaired) electrons. The Balaban J connectivity index is 1.76. The molecule has 1 amide bonds. The number of benzene rings is 2. The number of ether oxygens (including phenoxy) is 2. The summed E-state index contributed by atoms with van der Waals surface area (Å²) >= 11 is 0. The number of hydrogen-bond acceptors (Lipinski definition) is 5. The van der Waals surface area contributed by atoms with Gasteiger partial charge in [0, 0.05) is 30.6 Å². The van der Waals surface area contributed by atoms with Gasteiger partial charge in [-0.05, 0) is 54.3 Å². The highest BCUT2D eigenvalue weighted by atomic mass is 16.5. The molecule has 7 nitrogen and oxygen atoms in total. The monoisotopic (exact) mass is 481 g/mol. The van der Waals surface area contributed by atoms with Crippen LogP contribution in [0.5, 0.6) is 11.5 Å². The molecule has 0 unspecified atom stereocenters. The number of rotatable bonds is 6. The first-order chi connectivity index (χ1) is 17.6. The van der Waals surface area contributed by atoms with E-state index in [1.165, 1.54) is 0 Å². The lowest BCUT2D eigenvalue weighted by atomic mass is 9.97. The van der Waals surface area contributed by atoms with Crippen molar-refractivity contribution in [3.05, 3.63) is 106 Å². The van der Waals surface area contributed by atoms with Gasteiger partial charge in [-0.15, -0.1) is 0 Å². The van der Waals surface area contributed by atoms with Crippen molar-refractivity contribution >= 4 is 11.6 Å². The lowest BCUT2D eigenvalue weighted by molar-refractivity contribution is 0.0988. The maximum absolute atomic E-state index is 14.3. The van der Waals surface area contributed by atoms with Gasteiger partial charge in [-0.2, -0.15) is 0 Å². The summed E-state index contributed by atoms with van der Waals surface area (Å²) in [6.07, 6.45) is 4.77. The van der Waals surface area contributed by atoms with E-state index >= 15 is 0 Å². The minimum Gasteiger partial charge on any atom is -0.497 e. The van der Waals surface area contributed by atoms with Gasteiger partial charge < -0.3 is 18.9 Å². The Labute approximate surface area is 209 Å². The highest BCUT2D eigenvalue weighted by Gasteiger charge is 2.31. The molecule has 0 N–H and O–H groups in total. The molecule has 0 atom stereocenters. The number of hydrogen-bond donors (Lipinski definition) is 0. The number of para-hydroxylation sites is 2. The predicted molar refractivity (Wildman–Crippen MR) is 139 cm³/mol. The maximum atomic E-state index is 14.3.